The molecular weight excluding hydrogens is 562 g/mol. The van der Waals surface area contributed by atoms with Gasteiger partial charge < -0.3 is 15.0 Å². The van der Waals surface area contributed by atoms with Crippen molar-refractivity contribution in [3.05, 3.63) is 88.9 Å². The number of anilines is 1. The lowest BCUT2D eigenvalue weighted by atomic mass is 10.1. The Labute approximate surface area is 248 Å². The van der Waals surface area contributed by atoms with Crippen molar-refractivity contribution in [3.8, 4) is 5.75 Å². The van der Waals surface area contributed by atoms with Gasteiger partial charge in [-0.3, -0.25) is 13.9 Å². The number of nitrogens with one attached hydrogen (secondary N) is 1. The highest BCUT2D eigenvalue weighted by Gasteiger charge is 2.34. The molecule has 220 valence electrons. The molecule has 0 aliphatic heterocycles. The van der Waals surface area contributed by atoms with Crippen LogP contribution in [0.1, 0.15) is 38.3 Å². The van der Waals surface area contributed by atoms with Gasteiger partial charge in [-0.15, -0.1) is 0 Å². The Balaban J connectivity index is 2.10. The van der Waals surface area contributed by atoms with Crippen molar-refractivity contribution in [1.82, 2.24) is 10.2 Å². The molecule has 0 aliphatic rings. The number of benzene rings is 3. The van der Waals surface area contributed by atoms with Gasteiger partial charge in [-0.2, -0.15) is 0 Å². The Kier molecular flexibility index (Phi) is 11.2. The quantitative estimate of drug-likeness (QED) is 0.283. The maximum Gasteiger partial charge on any atom is 0.264 e. The van der Waals surface area contributed by atoms with E-state index in [1.54, 1.807) is 30.3 Å². The van der Waals surface area contributed by atoms with E-state index in [-0.39, 0.29) is 39.7 Å². The number of aryl methyl sites for hydroxylation is 1. The summed E-state index contributed by atoms with van der Waals surface area (Å²) in [6.45, 7) is 7.77. The fraction of sp³-hybridized carbons (Fsp3) is 0.355. The monoisotopic (exact) mass is 599 g/mol. The van der Waals surface area contributed by atoms with E-state index in [0.717, 1.165) is 15.4 Å². The first kappa shape index (κ1) is 32.0. The zero-order valence-electron chi connectivity index (χ0n) is 24.1. The molecule has 1 unspecified atom stereocenters. The van der Waals surface area contributed by atoms with E-state index >= 15 is 0 Å². The average molecular weight is 600 g/mol. The molecule has 0 saturated heterocycles. The van der Waals surface area contributed by atoms with Crippen molar-refractivity contribution < 1.29 is 22.7 Å². The standard InChI is InChI=1S/C31H38ClN3O5S/c1-6-27(31(37)33-19-22(2)3)34(20-24-14-12-23(4)13-15-24)30(36)21-35(28-18-25(32)16-17-29(28)40-5)41(38,39)26-10-8-7-9-11-26/h7-18,22,27H,6,19-21H2,1-5H3,(H,33,37). The molecule has 0 spiro atoms. The molecule has 41 heavy (non-hydrogen) atoms. The van der Waals surface area contributed by atoms with Gasteiger partial charge in [0.05, 0.1) is 17.7 Å². The van der Waals surface area contributed by atoms with Crippen LogP contribution in [0.3, 0.4) is 0 Å². The van der Waals surface area contributed by atoms with Gasteiger partial charge in [-0.1, -0.05) is 80.4 Å². The highest BCUT2D eigenvalue weighted by Crippen LogP contribution is 2.35. The van der Waals surface area contributed by atoms with E-state index in [1.807, 2.05) is 52.0 Å². The number of carbonyl (C=O) groups excluding carboxylic acids is 2. The van der Waals surface area contributed by atoms with E-state index in [1.165, 1.54) is 30.2 Å². The minimum absolute atomic E-state index is 0.00151. The summed E-state index contributed by atoms with van der Waals surface area (Å²) in [5.74, 6) is -0.383. The highest BCUT2D eigenvalue weighted by molar-refractivity contribution is 7.92. The van der Waals surface area contributed by atoms with Gasteiger partial charge >= 0.3 is 0 Å². The summed E-state index contributed by atoms with van der Waals surface area (Å²) < 4.78 is 34.5. The van der Waals surface area contributed by atoms with E-state index in [4.69, 9.17) is 16.3 Å². The molecular formula is C31H38ClN3O5S. The molecule has 0 aliphatic carbocycles. The number of hydrogen-bond acceptors (Lipinski definition) is 5. The lowest BCUT2D eigenvalue weighted by Gasteiger charge is -2.33. The van der Waals surface area contributed by atoms with Crippen molar-refractivity contribution in [2.24, 2.45) is 5.92 Å². The smallest absolute Gasteiger partial charge is 0.264 e. The number of ether oxygens (including phenoxy) is 1. The summed E-state index contributed by atoms with van der Waals surface area (Å²) in [6.07, 6.45) is 0.341. The second kappa shape index (κ2) is 14.4. The predicted octanol–water partition coefficient (Wildman–Crippen LogP) is 5.43. The Hall–Kier alpha value is -3.56. The van der Waals surface area contributed by atoms with Gasteiger partial charge in [0.1, 0.15) is 18.3 Å². The zero-order valence-corrected chi connectivity index (χ0v) is 25.7. The molecule has 1 N–H and O–H groups in total. The number of halogens is 1. The largest absolute Gasteiger partial charge is 0.495 e. The third-order valence-electron chi connectivity index (χ3n) is 6.56. The van der Waals surface area contributed by atoms with Gasteiger partial charge in [0.2, 0.25) is 11.8 Å². The number of methoxy groups -OCH3 is 1. The Morgan fingerprint density at radius 1 is 1.00 bits per heavy atom. The normalized spacial score (nSPS) is 12.1. The molecule has 3 aromatic rings. The summed E-state index contributed by atoms with van der Waals surface area (Å²) in [4.78, 5) is 28.9. The summed E-state index contributed by atoms with van der Waals surface area (Å²) in [6, 6.07) is 19.3. The van der Waals surface area contributed by atoms with Crippen LogP contribution < -0.4 is 14.4 Å². The van der Waals surface area contributed by atoms with Crippen LogP contribution in [0.4, 0.5) is 5.69 Å². The second-order valence-electron chi connectivity index (χ2n) is 10.2. The van der Waals surface area contributed by atoms with Crippen LogP contribution in [0.5, 0.6) is 5.75 Å². The van der Waals surface area contributed by atoms with Crippen molar-refractivity contribution in [2.45, 2.75) is 51.6 Å². The zero-order chi connectivity index (χ0) is 30.2. The molecule has 3 aromatic carbocycles. The number of amides is 2. The molecule has 0 saturated carbocycles. The van der Waals surface area contributed by atoms with E-state index in [9.17, 15) is 18.0 Å². The van der Waals surface area contributed by atoms with Crippen LogP contribution in [0.25, 0.3) is 0 Å². The van der Waals surface area contributed by atoms with Crippen LogP contribution in [0, 0.1) is 12.8 Å². The summed E-state index contributed by atoms with van der Waals surface area (Å²) in [5.41, 5.74) is 1.99. The van der Waals surface area contributed by atoms with Gasteiger partial charge in [-0.05, 0) is 55.2 Å². The van der Waals surface area contributed by atoms with Gasteiger partial charge in [0.25, 0.3) is 10.0 Å². The average Bonchev–Trinajstić information content (AvgIpc) is 2.95. The SMILES string of the molecule is CCC(C(=O)NCC(C)C)N(Cc1ccc(C)cc1)C(=O)CN(c1cc(Cl)ccc1OC)S(=O)(=O)c1ccccc1. The number of carbonyl (C=O) groups is 2. The fourth-order valence-corrected chi connectivity index (χ4v) is 5.93. The highest BCUT2D eigenvalue weighted by atomic mass is 35.5. The van der Waals surface area contributed by atoms with E-state index < -0.39 is 28.5 Å². The van der Waals surface area contributed by atoms with Crippen molar-refractivity contribution >= 4 is 39.1 Å². The molecule has 3 rings (SSSR count). The predicted molar refractivity (Wildman–Crippen MR) is 163 cm³/mol. The Morgan fingerprint density at radius 3 is 2.24 bits per heavy atom. The molecule has 0 bridgehead atoms. The number of hydrogen-bond donors (Lipinski definition) is 1. The first-order valence-corrected chi connectivity index (χ1v) is 15.3. The molecule has 0 radical (unpaired) electrons. The maximum atomic E-state index is 14.2. The van der Waals surface area contributed by atoms with Crippen LogP contribution in [-0.4, -0.2) is 51.4 Å². The van der Waals surface area contributed by atoms with Crippen LogP contribution in [0.2, 0.25) is 5.02 Å². The third-order valence-corrected chi connectivity index (χ3v) is 8.57. The molecule has 2 amide bonds. The number of rotatable bonds is 13. The minimum atomic E-state index is -4.24. The molecule has 0 fully saturated rings. The van der Waals surface area contributed by atoms with Crippen LogP contribution in [0.15, 0.2) is 77.7 Å². The number of nitrogens with zero attached hydrogens (tertiary/aromatic N) is 2. The number of sulfonamides is 1. The second-order valence-corrected chi connectivity index (χ2v) is 12.5. The minimum Gasteiger partial charge on any atom is -0.495 e. The Bertz CT molecular complexity index is 1430. The van der Waals surface area contributed by atoms with Crippen LogP contribution in [-0.2, 0) is 26.2 Å². The van der Waals surface area contributed by atoms with Crippen LogP contribution >= 0.6 is 11.6 Å². The fourth-order valence-electron chi connectivity index (χ4n) is 4.32. The molecule has 0 aromatic heterocycles. The molecule has 10 heteroatoms. The summed E-state index contributed by atoms with van der Waals surface area (Å²) >= 11 is 6.28. The first-order chi connectivity index (χ1) is 19.5. The Morgan fingerprint density at radius 2 is 1.66 bits per heavy atom. The summed E-state index contributed by atoms with van der Waals surface area (Å²) in [7, 11) is -2.82. The summed E-state index contributed by atoms with van der Waals surface area (Å²) in [5, 5.41) is 3.20. The maximum absolute atomic E-state index is 14.2. The van der Waals surface area contributed by atoms with Gasteiger partial charge in [0.15, 0.2) is 0 Å². The lowest BCUT2D eigenvalue weighted by Crippen LogP contribution is -2.52. The first-order valence-electron chi connectivity index (χ1n) is 13.5. The van der Waals surface area contributed by atoms with E-state index in [2.05, 4.69) is 5.32 Å². The third kappa shape index (κ3) is 8.24. The van der Waals surface area contributed by atoms with Crippen molar-refractivity contribution in [3.63, 3.8) is 0 Å². The topological polar surface area (TPSA) is 96.0 Å². The van der Waals surface area contributed by atoms with Crippen molar-refractivity contribution in [2.75, 3.05) is 24.5 Å². The lowest BCUT2D eigenvalue weighted by molar-refractivity contribution is -0.140. The molecule has 1 atom stereocenters. The van der Waals surface area contributed by atoms with E-state index in [0.29, 0.717) is 13.0 Å². The van der Waals surface area contributed by atoms with Gasteiger partial charge in [-0.25, -0.2) is 8.42 Å². The molecule has 8 nitrogen and oxygen atoms in total. The molecule has 0 heterocycles. The van der Waals surface area contributed by atoms with Crippen molar-refractivity contribution in [1.29, 1.82) is 0 Å². The van der Waals surface area contributed by atoms with Gasteiger partial charge in [0, 0.05) is 18.1 Å².